The van der Waals surface area contributed by atoms with Crippen LogP contribution < -0.4 is 17.0 Å². The van der Waals surface area contributed by atoms with Crippen molar-refractivity contribution in [2.24, 2.45) is 0 Å². The summed E-state index contributed by atoms with van der Waals surface area (Å²) >= 11 is 0. The molecule has 1 aliphatic heterocycles. The van der Waals surface area contributed by atoms with Crippen molar-refractivity contribution in [3.05, 3.63) is 77.4 Å². The number of quaternary nitrogens is 1. The fourth-order valence-electron chi connectivity index (χ4n) is 5.70. The Kier molecular flexibility index (Phi) is 10.4. The van der Waals surface area contributed by atoms with Crippen molar-refractivity contribution in [2.45, 2.75) is 57.4 Å². The molecular weight excluding hydrogens is 544 g/mol. The Morgan fingerprint density at radius 1 is 0.892 bits per heavy atom. The van der Waals surface area contributed by atoms with Gasteiger partial charge < -0.3 is 21.5 Å². The van der Waals surface area contributed by atoms with Crippen LogP contribution >= 0.6 is 0 Å². The van der Waals surface area contributed by atoms with Gasteiger partial charge in [0, 0.05) is 13.1 Å². The summed E-state index contributed by atoms with van der Waals surface area (Å²) in [5.41, 5.74) is 3.33. The fraction of sp³-hybridized carbons (Fsp3) is 0.419. The van der Waals surface area contributed by atoms with Gasteiger partial charge in [-0.25, -0.2) is 8.42 Å². The van der Waals surface area contributed by atoms with Gasteiger partial charge in [-0.1, -0.05) is 59.7 Å². The third kappa shape index (κ3) is 7.45. The van der Waals surface area contributed by atoms with Crippen LogP contribution in [0.25, 0.3) is 10.8 Å². The molecule has 4 rings (SSSR count). The van der Waals surface area contributed by atoms with Gasteiger partial charge in [0.25, 0.3) is 0 Å². The molecule has 0 amide bonds. The molecule has 3 aromatic rings. The minimum Gasteiger partial charge on any atom is -1.00 e. The number of halogens is 1. The average Bonchev–Trinajstić information content (AvgIpc) is 2.85. The molecule has 0 aliphatic carbocycles. The average molecular weight is 584 g/mol. The number of sulfonamides is 1. The lowest BCUT2D eigenvalue weighted by atomic mass is 10.1. The van der Waals surface area contributed by atoms with E-state index in [9.17, 15) is 8.42 Å². The predicted molar refractivity (Wildman–Crippen MR) is 149 cm³/mol. The first kappa shape index (κ1) is 29.4. The summed E-state index contributed by atoms with van der Waals surface area (Å²) in [6.07, 6.45) is 11.3. The van der Waals surface area contributed by atoms with Crippen molar-refractivity contribution >= 4 is 20.8 Å². The largest absolute Gasteiger partial charge is 1.00 e. The van der Waals surface area contributed by atoms with Crippen molar-refractivity contribution < 1.29 is 29.9 Å². The first-order chi connectivity index (χ1) is 17.3. The number of rotatable bonds is 10. The standard InChI is InChI=1S/C31H39N2O2S.BrH/c1-4-17-33(18-9-5-10-19-33)20-11-8-16-32(25-28-22-26(2)21-27(3)23-28)36(34,35)31-15-14-29-12-6-7-13-30(29)24-31;/h1,6-7,12-15,21-24H,5,8-11,16-20,25H2,2-3H3;1H/q+1;/p-1. The first-order valence-electron chi connectivity index (χ1n) is 13.2. The van der Waals surface area contributed by atoms with Gasteiger partial charge in [-0.2, -0.15) is 4.31 Å². The molecule has 0 unspecified atom stereocenters. The van der Waals surface area contributed by atoms with Crippen molar-refractivity contribution in [3.8, 4) is 12.3 Å². The number of benzene rings is 3. The minimum absolute atomic E-state index is 0. The van der Waals surface area contributed by atoms with E-state index in [0.717, 1.165) is 71.0 Å². The van der Waals surface area contributed by atoms with E-state index in [4.69, 9.17) is 6.42 Å². The Hall–Kier alpha value is -2.17. The molecule has 198 valence electrons. The van der Waals surface area contributed by atoms with E-state index in [1.807, 2.05) is 30.3 Å². The quantitative estimate of drug-likeness (QED) is 0.209. The summed E-state index contributed by atoms with van der Waals surface area (Å²) in [6, 6.07) is 19.7. The molecular formula is C31H39BrN2O2S. The van der Waals surface area contributed by atoms with Crippen molar-refractivity contribution in [1.29, 1.82) is 0 Å². The maximum Gasteiger partial charge on any atom is 0.243 e. The SMILES string of the molecule is C#CC[N+]1(CCCCN(Cc2cc(C)cc(C)c2)S(=O)(=O)c2ccc3ccccc3c2)CCCCC1.[Br-]. The molecule has 0 bridgehead atoms. The second-order valence-corrected chi connectivity index (χ2v) is 12.4. The molecule has 0 spiro atoms. The second kappa shape index (κ2) is 13.1. The van der Waals surface area contributed by atoms with Crippen LogP contribution in [-0.2, 0) is 16.6 Å². The molecule has 6 heteroatoms. The highest BCUT2D eigenvalue weighted by atomic mass is 79.9. The van der Waals surface area contributed by atoms with Crippen LogP contribution in [0.1, 0.15) is 48.8 Å². The predicted octanol–water partition coefficient (Wildman–Crippen LogP) is 3.07. The Bertz CT molecular complexity index is 1320. The van der Waals surface area contributed by atoms with E-state index in [-0.39, 0.29) is 17.0 Å². The number of likely N-dealkylation sites (tertiary alicyclic amines) is 1. The molecule has 1 aliphatic rings. The van der Waals surface area contributed by atoms with Gasteiger partial charge in [0.2, 0.25) is 10.0 Å². The number of terminal acetylenes is 1. The van der Waals surface area contributed by atoms with E-state index in [0.29, 0.717) is 18.0 Å². The van der Waals surface area contributed by atoms with E-state index < -0.39 is 10.0 Å². The zero-order valence-corrected chi connectivity index (χ0v) is 24.5. The fourth-order valence-corrected chi connectivity index (χ4v) is 7.20. The number of hydrogen-bond donors (Lipinski definition) is 0. The summed E-state index contributed by atoms with van der Waals surface area (Å²) in [6.45, 7) is 9.09. The second-order valence-electron chi connectivity index (χ2n) is 10.5. The summed E-state index contributed by atoms with van der Waals surface area (Å²) in [4.78, 5) is 0.359. The first-order valence-corrected chi connectivity index (χ1v) is 14.6. The molecule has 0 saturated carbocycles. The Morgan fingerprint density at radius 2 is 1.57 bits per heavy atom. The van der Waals surface area contributed by atoms with Crippen LogP contribution in [-0.4, -0.2) is 49.9 Å². The molecule has 3 aromatic carbocycles. The monoisotopic (exact) mass is 582 g/mol. The molecule has 1 heterocycles. The highest BCUT2D eigenvalue weighted by Crippen LogP contribution is 2.25. The van der Waals surface area contributed by atoms with Gasteiger partial charge >= 0.3 is 0 Å². The number of nitrogens with zero attached hydrogens (tertiary/aromatic N) is 2. The van der Waals surface area contributed by atoms with Crippen molar-refractivity contribution in [1.82, 2.24) is 4.31 Å². The summed E-state index contributed by atoms with van der Waals surface area (Å²) in [5.74, 6) is 2.90. The zero-order chi connectivity index (χ0) is 25.6. The highest BCUT2D eigenvalue weighted by molar-refractivity contribution is 7.89. The lowest BCUT2D eigenvalue weighted by Gasteiger charge is -2.40. The Balaban J connectivity index is 0.00000380. The number of aryl methyl sites for hydroxylation is 2. The van der Waals surface area contributed by atoms with Gasteiger partial charge in [-0.3, -0.25) is 0 Å². The number of unbranched alkanes of at least 4 members (excludes halogenated alkanes) is 1. The van der Waals surface area contributed by atoms with Crippen molar-refractivity contribution in [2.75, 3.05) is 32.7 Å². The minimum atomic E-state index is -3.65. The van der Waals surface area contributed by atoms with Crippen LogP contribution in [0.15, 0.2) is 65.6 Å². The number of piperidine rings is 1. The van der Waals surface area contributed by atoms with Crippen LogP contribution in [0.5, 0.6) is 0 Å². The molecule has 1 saturated heterocycles. The van der Waals surface area contributed by atoms with Gasteiger partial charge in [0.15, 0.2) is 0 Å². The van der Waals surface area contributed by atoms with Gasteiger partial charge in [-0.05, 0) is 80.3 Å². The summed E-state index contributed by atoms with van der Waals surface area (Å²) in [5, 5.41) is 1.98. The molecule has 1 fully saturated rings. The van der Waals surface area contributed by atoms with E-state index in [1.54, 1.807) is 16.4 Å². The van der Waals surface area contributed by atoms with E-state index in [2.05, 4.69) is 38.0 Å². The highest BCUT2D eigenvalue weighted by Gasteiger charge is 2.29. The van der Waals surface area contributed by atoms with Crippen LogP contribution in [0.2, 0.25) is 0 Å². The van der Waals surface area contributed by atoms with Crippen LogP contribution in [0, 0.1) is 26.2 Å². The summed E-state index contributed by atoms with van der Waals surface area (Å²) in [7, 11) is -3.65. The molecule has 0 N–H and O–H groups in total. The molecule has 0 aromatic heterocycles. The molecule has 37 heavy (non-hydrogen) atoms. The topological polar surface area (TPSA) is 37.4 Å². The van der Waals surface area contributed by atoms with Crippen LogP contribution in [0.4, 0.5) is 0 Å². The number of hydrogen-bond acceptors (Lipinski definition) is 2. The Labute approximate surface area is 234 Å². The molecule has 4 nitrogen and oxygen atoms in total. The van der Waals surface area contributed by atoms with E-state index >= 15 is 0 Å². The Morgan fingerprint density at radius 3 is 2.24 bits per heavy atom. The molecule has 0 radical (unpaired) electrons. The van der Waals surface area contributed by atoms with Gasteiger partial charge in [-0.15, -0.1) is 6.42 Å². The number of fused-ring (bicyclic) bond motifs is 1. The molecule has 0 atom stereocenters. The smallest absolute Gasteiger partial charge is 0.243 e. The zero-order valence-electron chi connectivity index (χ0n) is 22.1. The van der Waals surface area contributed by atoms with Gasteiger partial charge in [0.05, 0.1) is 24.5 Å². The lowest BCUT2D eigenvalue weighted by Crippen LogP contribution is -3.00. The van der Waals surface area contributed by atoms with E-state index in [1.165, 1.54) is 19.3 Å². The third-order valence-corrected chi connectivity index (χ3v) is 9.32. The van der Waals surface area contributed by atoms with Gasteiger partial charge in [0.1, 0.15) is 6.54 Å². The van der Waals surface area contributed by atoms with Crippen LogP contribution in [0.3, 0.4) is 0 Å². The third-order valence-electron chi connectivity index (χ3n) is 7.48. The lowest BCUT2D eigenvalue weighted by molar-refractivity contribution is -0.926. The summed E-state index contributed by atoms with van der Waals surface area (Å²) < 4.78 is 30.5. The van der Waals surface area contributed by atoms with Crippen molar-refractivity contribution in [3.63, 3.8) is 0 Å². The normalized spacial score (nSPS) is 15.3. The maximum absolute atomic E-state index is 13.9. The maximum atomic E-state index is 13.9.